The summed E-state index contributed by atoms with van der Waals surface area (Å²) in [4.78, 5) is 32.4. The number of allylic oxidation sites excluding steroid dienone is 1. The lowest BCUT2D eigenvalue weighted by Gasteiger charge is -2.36. The summed E-state index contributed by atoms with van der Waals surface area (Å²) in [5.41, 5.74) is 4.57. The maximum absolute atomic E-state index is 13.4. The summed E-state index contributed by atoms with van der Waals surface area (Å²) < 4.78 is 18.6. The normalized spacial score (nSPS) is 17.2. The van der Waals surface area contributed by atoms with Crippen molar-refractivity contribution in [2.45, 2.75) is 39.3 Å². The number of nitrogens with one attached hydrogen (secondary N) is 1. The van der Waals surface area contributed by atoms with Gasteiger partial charge in [-0.15, -0.1) is 0 Å². The Morgan fingerprint density at radius 3 is 2.71 bits per heavy atom. The lowest BCUT2D eigenvalue weighted by molar-refractivity contribution is -0.136. The van der Waals surface area contributed by atoms with Crippen molar-refractivity contribution < 1.29 is 18.7 Å². The van der Waals surface area contributed by atoms with E-state index in [0.717, 1.165) is 22.0 Å². The third-order valence-electron chi connectivity index (χ3n) is 5.71. The molecule has 8 heteroatoms. The fourth-order valence-electron chi connectivity index (χ4n) is 4.14. The summed E-state index contributed by atoms with van der Waals surface area (Å²) in [6.07, 6.45) is 0.674. The Balaban J connectivity index is 1.62. The van der Waals surface area contributed by atoms with Crippen LogP contribution in [0.2, 0.25) is 0 Å². The lowest BCUT2D eigenvalue weighted by atomic mass is 9.92. The maximum Gasteiger partial charge on any atom is 0.338 e. The molecule has 0 saturated heterocycles. The van der Waals surface area contributed by atoms with Crippen LogP contribution in [0.4, 0.5) is 4.39 Å². The predicted octanol–water partition coefficient (Wildman–Crippen LogP) is 4.98. The number of hydrogen-bond acceptors (Lipinski definition) is 6. The number of amidine groups is 1. The van der Waals surface area contributed by atoms with Crippen LogP contribution in [0.3, 0.4) is 0 Å². The molecule has 1 N–H and O–H groups in total. The number of benzene rings is 2. The van der Waals surface area contributed by atoms with Crippen LogP contribution in [0, 0.1) is 12.7 Å². The largest absolute Gasteiger partial charge is 0.466 e. The highest BCUT2D eigenvalue weighted by Gasteiger charge is 2.41. The summed E-state index contributed by atoms with van der Waals surface area (Å²) >= 11 is 1.43. The van der Waals surface area contributed by atoms with Crippen LogP contribution in [0.1, 0.15) is 42.5 Å². The van der Waals surface area contributed by atoms with Crippen molar-refractivity contribution in [3.05, 3.63) is 93.4 Å². The second-order valence-electron chi connectivity index (χ2n) is 8.10. The van der Waals surface area contributed by atoms with Gasteiger partial charge in [-0.1, -0.05) is 60.6 Å². The zero-order valence-electron chi connectivity index (χ0n) is 19.3. The first-order valence-electron chi connectivity index (χ1n) is 11.0. The molecule has 2 aromatic rings. The van der Waals surface area contributed by atoms with Gasteiger partial charge < -0.3 is 15.0 Å². The first-order valence-corrected chi connectivity index (χ1v) is 11.9. The van der Waals surface area contributed by atoms with Gasteiger partial charge in [0.25, 0.3) is 0 Å². The van der Waals surface area contributed by atoms with E-state index in [-0.39, 0.29) is 24.7 Å². The highest BCUT2D eigenvalue weighted by molar-refractivity contribution is 8.16. The summed E-state index contributed by atoms with van der Waals surface area (Å²) in [5.74, 6) is -0.978. The van der Waals surface area contributed by atoms with E-state index in [1.165, 1.54) is 31.0 Å². The zero-order valence-corrected chi connectivity index (χ0v) is 20.1. The summed E-state index contributed by atoms with van der Waals surface area (Å²) in [7, 11) is 1.37. The molecule has 0 aromatic heterocycles. The van der Waals surface area contributed by atoms with Crippen molar-refractivity contribution in [2.75, 3.05) is 7.11 Å². The van der Waals surface area contributed by atoms with E-state index in [2.05, 4.69) is 5.32 Å². The molecule has 0 radical (unpaired) electrons. The molecule has 176 valence electrons. The van der Waals surface area contributed by atoms with Crippen LogP contribution in [-0.2, 0) is 20.9 Å². The van der Waals surface area contributed by atoms with E-state index >= 15 is 0 Å². The van der Waals surface area contributed by atoms with Gasteiger partial charge in [-0.3, -0.25) is 4.79 Å². The van der Waals surface area contributed by atoms with Crippen molar-refractivity contribution in [3.63, 3.8) is 0 Å². The van der Waals surface area contributed by atoms with E-state index in [1.807, 2.05) is 48.4 Å². The number of esters is 1. The van der Waals surface area contributed by atoms with Crippen LogP contribution >= 0.6 is 11.8 Å². The molecule has 0 fully saturated rings. The zero-order chi connectivity index (χ0) is 24.2. The van der Waals surface area contributed by atoms with Gasteiger partial charge in [0.15, 0.2) is 5.17 Å². The van der Waals surface area contributed by atoms with Crippen molar-refractivity contribution in [2.24, 2.45) is 4.99 Å². The molecule has 2 aromatic carbocycles. The van der Waals surface area contributed by atoms with Crippen LogP contribution in [0.5, 0.6) is 0 Å². The Hall–Kier alpha value is -3.39. The highest BCUT2D eigenvalue weighted by atomic mass is 32.2. The lowest BCUT2D eigenvalue weighted by Crippen LogP contribution is -2.38. The molecule has 1 amide bonds. The molecular weight excluding hydrogens is 453 g/mol. The van der Waals surface area contributed by atoms with Gasteiger partial charge >= 0.3 is 5.97 Å². The number of nitrogens with zero attached hydrogens (tertiary/aromatic N) is 2. The standard InChI is InChI=1S/C26H26FN3O3S/c1-4-21-23(25(32)33-3)24(18-9-5-7-16(2)11-18)30-20(15-34-26(30)29-21)13-22(31)28-14-17-8-6-10-19(27)12-17/h5-12,15,24H,4,13-14H2,1-3H3,(H,28,31). The Morgan fingerprint density at radius 1 is 1.21 bits per heavy atom. The van der Waals surface area contributed by atoms with Gasteiger partial charge in [-0.25, -0.2) is 14.2 Å². The molecule has 6 nitrogen and oxygen atoms in total. The molecule has 2 heterocycles. The van der Waals surface area contributed by atoms with Crippen molar-refractivity contribution in [1.29, 1.82) is 0 Å². The van der Waals surface area contributed by atoms with Crippen LogP contribution < -0.4 is 5.32 Å². The molecule has 0 bridgehead atoms. The molecule has 34 heavy (non-hydrogen) atoms. The SMILES string of the molecule is CCC1=C(C(=O)OC)C(c2cccc(C)c2)N2C(CC(=O)NCc3cccc(F)c3)=CSC2=N1. The summed E-state index contributed by atoms with van der Waals surface area (Å²) in [5, 5.41) is 5.48. The fourth-order valence-corrected chi connectivity index (χ4v) is 5.08. The molecule has 1 atom stereocenters. The number of hydrogen-bond donors (Lipinski definition) is 1. The number of carbonyl (C=O) groups is 2. The second kappa shape index (κ2) is 10.3. The molecule has 0 spiro atoms. The molecule has 2 aliphatic rings. The van der Waals surface area contributed by atoms with Gasteiger partial charge in [-0.05, 0) is 42.0 Å². The van der Waals surface area contributed by atoms with Crippen molar-refractivity contribution in [3.8, 4) is 0 Å². The Morgan fingerprint density at radius 2 is 2.00 bits per heavy atom. The minimum atomic E-state index is -0.452. The highest BCUT2D eigenvalue weighted by Crippen LogP contribution is 2.45. The number of methoxy groups -OCH3 is 1. The minimum absolute atomic E-state index is 0.0968. The van der Waals surface area contributed by atoms with Crippen LogP contribution in [0.25, 0.3) is 0 Å². The Labute approximate surface area is 202 Å². The molecular formula is C26H26FN3O3S. The summed E-state index contributed by atoms with van der Waals surface area (Å²) in [6, 6.07) is 13.6. The molecule has 4 rings (SSSR count). The van der Waals surface area contributed by atoms with E-state index in [9.17, 15) is 14.0 Å². The molecule has 2 aliphatic heterocycles. The predicted molar refractivity (Wildman–Crippen MR) is 131 cm³/mol. The van der Waals surface area contributed by atoms with Gasteiger partial charge in [0.2, 0.25) is 5.91 Å². The number of halogens is 1. The number of ether oxygens (including phenoxy) is 1. The van der Waals surface area contributed by atoms with Crippen molar-refractivity contribution >= 4 is 28.8 Å². The third kappa shape index (κ3) is 4.92. The monoisotopic (exact) mass is 479 g/mol. The van der Waals surface area contributed by atoms with Gasteiger partial charge in [0.05, 0.1) is 30.8 Å². The molecule has 1 unspecified atom stereocenters. The number of rotatable bonds is 7. The molecule has 0 saturated carbocycles. The first kappa shape index (κ1) is 23.8. The Kier molecular flexibility index (Phi) is 7.17. The quantitative estimate of drug-likeness (QED) is 0.568. The average Bonchev–Trinajstić information content (AvgIpc) is 3.23. The smallest absolute Gasteiger partial charge is 0.338 e. The van der Waals surface area contributed by atoms with E-state index in [4.69, 9.17) is 9.73 Å². The maximum atomic E-state index is 13.4. The number of thioether (sulfide) groups is 1. The van der Waals surface area contributed by atoms with Gasteiger partial charge in [-0.2, -0.15) is 0 Å². The minimum Gasteiger partial charge on any atom is -0.466 e. The number of fused-ring (bicyclic) bond motifs is 1. The third-order valence-corrected chi connectivity index (χ3v) is 6.60. The second-order valence-corrected chi connectivity index (χ2v) is 8.93. The van der Waals surface area contributed by atoms with E-state index in [1.54, 1.807) is 12.1 Å². The number of amides is 1. The Bertz CT molecular complexity index is 1220. The van der Waals surface area contributed by atoms with E-state index in [0.29, 0.717) is 23.3 Å². The van der Waals surface area contributed by atoms with Gasteiger partial charge in [0, 0.05) is 12.2 Å². The topological polar surface area (TPSA) is 71.0 Å². The van der Waals surface area contributed by atoms with Gasteiger partial charge in [0.1, 0.15) is 5.82 Å². The van der Waals surface area contributed by atoms with Crippen LogP contribution in [0.15, 0.2) is 75.9 Å². The number of carbonyl (C=O) groups excluding carboxylic acids is 2. The average molecular weight is 480 g/mol. The summed E-state index contributed by atoms with van der Waals surface area (Å²) in [6.45, 7) is 4.19. The van der Waals surface area contributed by atoms with E-state index < -0.39 is 12.0 Å². The molecule has 0 aliphatic carbocycles. The fraction of sp³-hybridized carbons (Fsp3) is 0.269. The number of aliphatic imine (C=N–C) groups is 1. The van der Waals surface area contributed by atoms with Crippen molar-refractivity contribution in [1.82, 2.24) is 10.2 Å². The van der Waals surface area contributed by atoms with Crippen LogP contribution in [-0.4, -0.2) is 29.1 Å². The first-order chi connectivity index (χ1) is 16.4. The number of aryl methyl sites for hydroxylation is 1.